The van der Waals surface area contributed by atoms with Crippen LogP contribution in [0.3, 0.4) is 0 Å². The van der Waals surface area contributed by atoms with Gasteiger partial charge < -0.3 is 10.5 Å². The highest BCUT2D eigenvalue weighted by molar-refractivity contribution is 7.13. The molecule has 0 aliphatic carbocycles. The number of amidine groups is 1. The number of nitrogens with zero attached hydrogens (tertiary/aromatic N) is 1. The highest BCUT2D eigenvalue weighted by atomic mass is 32.1. The fourth-order valence-electron chi connectivity index (χ4n) is 1.91. The van der Waals surface area contributed by atoms with Crippen molar-refractivity contribution in [3.63, 3.8) is 0 Å². The number of aryl methyl sites for hydroxylation is 2. The Kier molecular flexibility index (Phi) is 4.74. The second kappa shape index (κ2) is 6.52. The second-order valence-electron chi connectivity index (χ2n) is 4.44. The van der Waals surface area contributed by atoms with Gasteiger partial charge in [0.25, 0.3) is 0 Å². The van der Waals surface area contributed by atoms with Gasteiger partial charge in [-0.05, 0) is 30.5 Å². The molecule has 0 saturated carbocycles. The van der Waals surface area contributed by atoms with E-state index in [4.69, 9.17) is 15.9 Å². The lowest BCUT2D eigenvalue weighted by Gasteiger charge is -2.05. The van der Waals surface area contributed by atoms with Crippen LogP contribution in [0.15, 0.2) is 24.3 Å². The van der Waals surface area contributed by atoms with E-state index in [1.807, 2.05) is 25.1 Å². The Balaban J connectivity index is 2.08. The van der Waals surface area contributed by atoms with Crippen molar-refractivity contribution in [3.8, 4) is 5.75 Å². The van der Waals surface area contributed by atoms with Crippen molar-refractivity contribution in [2.45, 2.75) is 33.3 Å². The van der Waals surface area contributed by atoms with Gasteiger partial charge in [-0.1, -0.05) is 26.0 Å². The van der Waals surface area contributed by atoms with E-state index in [0.29, 0.717) is 6.61 Å². The van der Waals surface area contributed by atoms with Gasteiger partial charge in [0.15, 0.2) is 0 Å². The minimum atomic E-state index is 0.0820. The molecule has 0 amide bonds. The van der Waals surface area contributed by atoms with Crippen LogP contribution in [0.4, 0.5) is 0 Å². The van der Waals surface area contributed by atoms with Crippen LogP contribution < -0.4 is 10.5 Å². The molecule has 20 heavy (non-hydrogen) atoms. The molecule has 0 unspecified atom stereocenters. The lowest BCUT2D eigenvalue weighted by atomic mass is 10.2. The summed E-state index contributed by atoms with van der Waals surface area (Å²) in [5, 5.41) is 8.41. The number of hydrogen-bond donors (Lipinski definition) is 2. The highest BCUT2D eigenvalue weighted by Gasteiger charge is 2.12. The molecule has 0 radical (unpaired) electrons. The number of thiazole rings is 1. The molecule has 2 rings (SSSR count). The van der Waals surface area contributed by atoms with Crippen molar-refractivity contribution in [1.29, 1.82) is 5.41 Å². The Bertz CT molecular complexity index is 607. The summed E-state index contributed by atoms with van der Waals surface area (Å²) in [6.45, 7) is 4.54. The number of aromatic nitrogens is 1. The lowest BCUT2D eigenvalue weighted by Crippen LogP contribution is -2.11. The summed E-state index contributed by atoms with van der Waals surface area (Å²) < 4.78 is 5.76. The van der Waals surface area contributed by atoms with Crippen molar-refractivity contribution >= 4 is 17.2 Å². The molecule has 0 saturated heterocycles. The smallest absolute Gasteiger partial charge is 0.140 e. The number of benzene rings is 1. The maximum atomic E-state index is 7.55. The van der Waals surface area contributed by atoms with Crippen LogP contribution >= 0.6 is 11.3 Å². The minimum absolute atomic E-state index is 0.0820. The molecule has 2 aromatic rings. The Morgan fingerprint density at radius 1 is 1.35 bits per heavy atom. The average molecular weight is 289 g/mol. The molecule has 3 N–H and O–H groups in total. The molecule has 0 aliphatic rings. The Morgan fingerprint density at radius 2 is 2.15 bits per heavy atom. The van der Waals surface area contributed by atoms with Gasteiger partial charge in [0.1, 0.15) is 23.2 Å². The molecule has 1 heterocycles. The molecule has 0 aliphatic heterocycles. The van der Waals surface area contributed by atoms with Crippen LogP contribution in [-0.2, 0) is 19.4 Å². The topological polar surface area (TPSA) is 72.0 Å². The van der Waals surface area contributed by atoms with Gasteiger partial charge in [0.05, 0.1) is 10.6 Å². The minimum Gasteiger partial charge on any atom is -0.486 e. The van der Waals surface area contributed by atoms with Crippen LogP contribution in [0, 0.1) is 5.41 Å². The van der Waals surface area contributed by atoms with E-state index in [1.54, 1.807) is 0 Å². The zero-order chi connectivity index (χ0) is 14.5. The third kappa shape index (κ3) is 3.36. The maximum Gasteiger partial charge on any atom is 0.140 e. The number of nitrogens with one attached hydrogen (secondary N) is 1. The molecule has 0 spiro atoms. The molecule has 0 atom stereocenters. The summed E-state index contributed by atoms with van der Waals surface area (Å²) in [7, 11) is 0. The van der Waals surface area contributed by atoms with Gasteiger partial charge in [-0.25, -0.2) is 4.98 Å². The van der Waals surface area contributed by atoms with Gasteiger partial charge in [-0.3, -0.25) is 5.41 Å². The molecule has 0 fully saturated rings. The first-order chi connectivity index (χ1) is 9.63. The molecule has 0 bridgehead atoms. The van der Waals surface area contributed by atoms with Gasteiger partial charge in [-0.2, -0.15) is 0 Å². The van der Waals surface area contributed by atoms with Crippen molar-refractivity contribution in [2.75, 3.05) is 0 Å². The third-order valence-corrected chi connectivity index (χ3v) is 4.09. The first kappa shape index (κ1) is 14.5. The number of ether oxygens (including phenoxy) is 1. The number of hydrogen-bond acceptors (Lipinski definition) is 4. The van der Waals surface area contributed by atoms with E-state index in [9.17, 15) is 0 Å². The molecular formula is C15H19N3OS. The van der Waals surface area contributed by atoms with Crippen LogP contribution in [0.2, 0.25) is 0 Å². The van der Waals surface area contributed by atoms with E-state index in [-0.39, 0.29) is 5.84 Å². The maximum absolute atomic E-state index is 7.55. The number of nitrogen functional groups attached to an aromatic ring is 1. The molecule has 5 heteroatoms. The summed E-state index contributed by atoms with van der Waals surface area (Å²) in [5.41, 5.74) is 7.69. The fourth-order valence-corrected chi connectivity index (χ4v) is 2.84. The van der Waals surface area contributed by atoms with Gasteiger partial charge in [-0.15, -0.1) is 11.3 Å². The summed E-state index contributed by atoms with van der Waals surface area (Å²) in [6, 6.07) is 8.06. The molecular weight excluding hydrogens is 270 g/mol. The van der Waals surface area contributed by atoms with E-state index in [0.717, 1.165) is 34.2 Å². The standard InChI is InChI=1S/C15H19N3OS/c1-3-10-6-5-7-11(8-10)19-9-13-18-12(4-2)14(20-13)15(16)17/h5-8H,3-4,9H2,1-2H3,(H3,16,17). The zero-order valence-corrected chi connectivity index (χ0v) is 12.6. The van der Waals surface area contributed by atoms with Crippen LogP contribution in [0.1, 0.15) is 35.0 Å². The number of rotatable bonds is 6. The van der Waals surface area contributed by atoms with E-state index in [1.165, 1.54) is 16.9 Å². The fraction of sp³-hybridized carbons (Fsp3) is 0.333. The van der Waals surface area contributed by atoms with E-state index < -0.39 is 0 Å². The van der Waals surface area contributed by atoms with Crippen LogP contribution in [0.25, 0.3) is 0 Å². The summed E-state index contributed by atoms with van der Waals surface area (Å²) in [4.78, 5) is 5.24. The third-order valence-electron chi connectivity index (χ3n) is 2.99. The van der Waals surface area contributed by atoms with Gasteiger partial charge >= 0.3 is 0 Å². The Labute approximate surface area is 123 Å². The predicted octanol–water partition coefficient (Wildman–Crippen LogP) is 3.13. The monoisotopic (exact) mass is 289 g/mol. The largest absolute Gasteiger partial charge is 0.486 e. The van der Waals surface area contributed by atoms with Crippen molar-refractivity contribution in [1.82, 2.24) is 4.98 Å². The van der Waals surface area contributed by atoms with Gasteiger partial charge in [0, 0.05) is 0 Å². The number of nitrogens with two attached hydrogens (primary N) is 1. The van der Waals surface area contributed by atoms with Crippen molar-refractivity contribution < 1.29 is 4.74 Å². The van der Waals surface area contributed by atoms with Gasteiger partial charge in [0.2, 0.25) is 0 Å². The normalized spacial score (nSPS) is 10.5. The average Bonchev–Trinajstić information content (AvgIpc) is 2.89. The molecule has 106 valence electrons. The zero-order valence-electron chi connectivity index (χ0n) is 11.8. The molecule has 1 aromatic heterocycles. The van der Waals surface area contributed by atoms with Crippen LogP contribution in [0.5, 0.6) is 5.75 Å². The summed E-state index contributed by atoms with van der Waals surface area (Å²) >= 11 is 1.44. The highest BCUT2D eigenvalue weighted by Crippen LogP contribution is 2.21. The predicted molar refractivity (Wildman–Crippen MR) is 82.7 cm³/mol. The van der Waals surface area contributed by atoms with Crippen molar-refractivity contribution in [2.24, 2.45) is 5.73 Å². The Hall–Kier alpha value is -1.88. The first-order valence-corrected chi connectivity index (χ1v) is 7.50. The van der Waals surface area contributed by atoms with Crippen molar-refractivity contribution in [3.05, 3.63) is 45.4 Å². The van der Waals surface area contributed by atoms with E-state index in [2.05, 4.69) is 18.0 Å². The molecule has 1 aromatic carbocycles. The lowest BCUT2D eigenvalue weighted by molar-refractivity contribution is 0.305. The second-order valence-corrected chi connectivity index (χ2v) is 5.52. The van der Waals surface area contributed by atoms with Crippen LogP contribution in [-0.4, -0.2) is 10.8 Å². The quantitative estimate of drug-likeness (QED) is 0.634. The summed E-state index contributed by atoms with van der Waals surface area (Å²) in [6.07, 6.45) is 1.76. The Morgan fingerprint density at radius 3 is 2.75 bits per heavy atom. The summed E-state index contributed by atoms with van der Waals surface area (Å²) in [5.74, 6) is 0.931. The van der Waals surface area contributed by atoms with E-state index >= 15 is 0 Å². The SMILES string of the molecule is CCc1cccc(OCc2nc(CC)c(C(=N)N)s2)c1. The first-order valence-electron chi connectivity index (χ1n) is 6.68. The molecule has 4 nitrogen and oxygen atoms in total.